The van der Waals surface area contributed by atoms with Crippen LogP contribution in [-0.4, -0.2) is 19.6 Å². The summed E-state index contributed by atoms with van der Waals surface area (Å²) >= 11 is 0. The predicted molar refractivity (Wildman–Crippen MR) is 67.0 cm³/mol. The summed E-state index contributed by atoms with van der Waals surface area (Å²) in [6.07, 6.45) is 0. The second kappa shape index (κ2) is 7.09. The minimum absolute atomic E-state index is 0. The van der Waals surface area contributed by atoms with Crippen molar-refractivity contribution in [3.63, 3.8) is 0 Å². The van der Waals surface area contributed by atoms with E-state index in [1.165, 1.54) is 25.3 Å². The molecule has 1 amide bonds. The zero-order valence-corrected chi connectivity index (χ0v) is 10.5. The van der Waals surface area contributed by atoms with Crippen LogP contribution in [0, 0.1) is 11.7 Å². The zero-order valence-electron chi connectivity index (χ0n) is 9.70. The van der Waals surface area contributed by atoms with E-state index in [1.807, 2.05) is 0 Å². The maximum atomic E-state index is 13.1. The molecule has 0 fully saturated rings. The molecule has 17 heavy (non-hydrogen) atoms. The summed E-state index contributed by atoms with van der Waals surface area (Å²) in [7, 11) is 1.37. The van der Waals surface area contributed by atoms with Crippen molar-refractivity contribution in [3.8, 4) is 5.75 Å². The number of methoxy groups -OCH3 is 1. The number of nitrogens with two attached hydrogens (primary N) is 1. The predicted octanol–water partition coefficient (Wildman–Crippen LogP) is 1.79. The summed E-state index contributed by atoms with van der Waals surface area (Å²) in [6.45, 7) is 1.99. The van der Waals surface area contributed by atoms with E-state index in [4.69, 9.17) is 10.5 Å². The van der Waals surface area contributed by atoms with E-state index in [0.717, 1.165) is 0 Å². The number of nitrogens with one attached hydrogen (secondary N) is 1. The van der Waals surface area contributed by atoms with E-state index < -0.39 is 5.82 Å². The van der Waals surface area contributed by atoms with Gasteiger partial charge in [-0.1, -0.05) is 6.92 Å². The molecular weight excluding hydrogens is 247 g/mol. The maximum absolute atomic E-state index is 13.1. The monoisotopic (exact) mass is 262 g/mol. The number of ether oxygens (including phenoxy) is 1. The Morgan fingerprint density at radius 1 is 1.59 bits per heavy atom. The fourth-order valence-corrected chi connectivity index (χ4v) is 1.11. The third kappa shape index (κ3) is 4.20. The van der Waals surface area contributed by atoms with E-state index in [-0.39, 0.29) is 36.5 Å². The number of amides is 1. The summed E-state index contributed by atoms with van der Waals surface area (Å²) < 4.78 is 17.9. The third-order valence-corrected chi connectivity index (χ3v) is 2.22. The van der Waals surface area contributed by atoms with Gasteiger partial charge in [-0.3, -0.25) is 4.79 Å². The highest BCUT2D eigenvalue weighted by Crippen LogP contribution is 2.21. The summed E-state index contributed by atoms with van der Waals surface area (Å²) in [6, 6.07) is 4.14. The number of carbonyl (C=O) groups is 1. The van der Waals surface area contributed by atoms with Gasteiger partial charge in [-0.25, -0.2) is 4.39 Å². The molecule has 0 spiro atoms. The average molecular weight is 263 g/mol. The molecule has 0 radical (unpaired) electrons. The van der Waals surface area contributed by atoms with Crippen molar-refractivity contribution in [2.45, 2.75) is 6.92 Å². The van der Waals surface area contributed by atoms with Crippen LogP contribution in [0.4, 0.5) is 10.1 Å². The first-order chi connectivity index (χ1) is 7.58. The number of anilines is 1. The Hall–Kier alpha value is -1.33. The fraction of sp³-hybridized carbons (Fsp3) is 0.364. The van der Waals surface area contributed by atoms with Crippen LogP contribution >= 0.6 is 12.4 Å². The molecule has 0 bridgehead atoms. The Bertz CT molecular complexity index is 388. The summed E-state index contributed by atoms with van der Waals surface area (Å²) in [5.41, 5.74) is 5.85. The topological polar surface area (TPSA) is 64.3 Å². The summed E-state index contributed by atoms with van der Waals surface area (Å²) in [5, 5.41) is 2.63. The average Bonchev–Trinajstić information content (AvgIpc) is 2.30. The van der Waals surface area contributed by atoms with Crippen molar-refractivity contribution < 1.29 is 13.9 Å². The minimum atomic E-state index is -0.465. The van der Waals surface area contributed by atoms with Crippen LogP contribution in [-0.2, 0) is 4.79 Å². The van der Waals surface area contributed by atoms with E-state index in [1.54, 1.807) is 6.92 Å². The van der Waals surface area contributed by atoms with Crippen LogP contribution in [0.25, 0.3) is 0 Å². The van der Waals surface area contributed by atoms with Crippen molar-refractivity contribution in [1.82, 2.24) is 0 Å². The van der Waals surface area contributed by atoms with Gasteiger partial charge in [0.05, 0.1) is 7.11 Å². The number of benzene rings is 1. The number of carbonyl (C=O) groups excluding carboxylic acids is 1. The molecule has 1 aromatic carbocycles. The number of hydrogen-bond donors (Lipinski definition) is 2. The first-order valence-corrected chi connectivity index (χ1v) is 4.93. The van der Waals surface area contributed by atoms with Crippen LogP contribution in [0.15, 0.2) is 18.2 Å². The lowest BCUT2D eigenvalue weighted by atomic mass is 10.1. The quantitative estimate of drug-likeness (QED) is 0.870. The van der Waals surface area contributed by atoms with Crippen molar-refractivity contribution in [3.05, 3.63) is 24.0 Å². The standard InChI is InChI=1S/C11H15FN2O2.ClH/c1-7(6-13)11(15)14-8-3-4-9(12)10(5-8)16-2;/h3-5,7H,6,13H2,1-2H3,(H,14,15);1H. The molecule has 0 heterocycles. The first kappa shape index (κ1) is 15.7. The Balaban J connectivity index is 0.00000256. The van der Waals surface area contributed by atoms with E-state index in [2.05, 4.69) is 5.32 Å². The largest absolute Gasteiger partial charge is 0.494 e. The summed E-state index contributed by atoms with van der Waals surface area (Å²) in [5.74, 6) is -0.849. The van der Waals surface area contributed by atoms with Gasteiger partial charge in [0, 0.05) is 24.2 Å². The molecule has 4 nitrogen and oxygen atoms in total. The molecule has 1 rings (SSSR count). The van der Waals surface area contributed by atoms with Crippen molar-refractivity contribution in [2.24, 2.45) is 11.7 Å². The van der Waals surface area contributed by atoms with Gasteiger partial charge in [0.25, 0.3) is 0 Å². The number of hydrogen-bond acceptors (Lipinski definition) is 3. The highest BCUT2D eigenvalue weighted by atomic mass is 35.5. The molecule has 0 aromatic heterocycles. The lowest BCUT2D eigenvalue weighted by Crippen LogP contribution is -2.26. The molecule has 1 unspecified atom stereocenters. The van der Waals surface area contributed by atoms with Gasteiger partial charge in [0.1, 0.15) is 0 Å². The van der Waals surface area contributed by atoms with E-state index >= 15 is 0 Å². The SMILES string of the molecule is COc1cc(NC(=O)C(C)CN)ccc1F.Cl. The van der Waals surface area contributed by atoms with E-state index in [9.17, 15) is 9.18 Å². The van der Waals surface area contributed by atoms with Gasteiger partial charge < -0.3 is 15.8 Å². The normalized spacial score (nSPS) is 11.3. The van der Waals surface area contributed by atoms with Gasteiger partial charge in [-0.15, -0.1) is 12.4 Å². The lowest BCUT2D eigenvalue weighted by Gasteiger charge is -2.11. The number of rotatable bonds is 4. The van der Waals surface area contributed by atoms with Gasteiger partial charge in [-0.2, -0.15) is 0 Å². The van der Waals surface area contributed by atoms with Gasteiger partial charge in [-0.05, 0) is 12.1 Å². The highest BCUT2D eigenvalue weighted by molar-refractivity contribution is 5.92. The molecule has 0 saturated heterocycles. The second-order valence-electron chi connectivity index (χ2n) is 3.48. The van der Waals surface area contributed by atoms with Crippen LogP contribution in [0.1, 0.15) is 6.92 Å². The Morgan fingerprint density at radius 3 is 2.76 bits per heavy atom. The molecule has 0 aliphatic heterocycles. The molecule has 0 aliphatic rings. The molecular formula is C11H16ClFN2O2. The molecule has 0 aliphatic carbocycles. The van der Waals surface area contributed by atoms with Crippen molar-refractivity contribution in [1.29, 1.82) is 0 Å². The van der Waals surface area contributed by atoms with Crippen LogP contribution in [0.3, 0.4) is 0 Å². The van der Waals surface area contributed by atoms with Gasteiger partial charge in [0.2, 0.25) is 5.91 Å². The van der Waals surface area contributed by atoms with Gasteiger partial charge >= 0.3 is 0 Å². The lowest BCUT2D eigenvalue weighted by molar-refractivity contribution is -0.119. The molecule has 1 atom stereocenters. The van der Waals surface area contributed by atoms with Crippen LogP contribution in [0.2, 0.25) is 0 Å². The zero-order chi connectivity index (χ0) is 12.1. The maximum Gasteiger partial charge on any atom is 0.228 e. The van der Waals surface area contributed by atoms with Crippen molar-refractivity contribution in [2.75, 3.05) is 19.0 Å². The molecule has 96 valence electrons. The highest BCUT2D eigenvalue weighted by Gasteiger charge is 2.12. The molecule has 3 N–H and O–H groups in total. The van der Waals surface area contributed by atoms with Crippen LogP contribution in [0.5, 0.6) is 5.75 Å². The van der Waals surface area contributed by atoms with E-state index in [0.29, 0.717) is 5.69 Å². The van der Waals surface area contributed by atoms with Gasteiger partial charge in [0.15, 0.2) is 11.6 Å². The fourth-order valence-electron chi connectivity index (χ4n) is 1.11. The minimum Gasteiger partial charge on any atom is -0.494 e. The second-order valence-corrected chi connectivity index (χ2v) is 3.48. The first-order valence-electron chi connectivity index (χ1n) is 4.93. The Labute approximate surface area is 106 Å². The Kier molecular flexibility index (Phi) is 6.53. The molecule has 0 saturated carbocycles. The molecule has 1 aromatic rings. The van der Waals surface area contributed by atoms with Crippen molar-refractivity contribution >= 4 is 24.0 Å². The third-order valence-electron chi connectivity index (χ3n) is 2.22. The van der Waals surface area contributed by atoms with Crippen LogP contribution < -0.4 is 15.8 Å². The summed E-state index contributed by atoms with van der Waals surface area (Å²) in [4.78, 5) is 11.5. The number of halogens is 2. The Morgan fingerprint density at radius 2 is 2.24 bits per heavy atom. The smallest absolute Gasteiger partial charge is 0.228 e. The molecule has 6 heteroatoms.